The highest BCUT2D eigenvalue weighted by Crippen LogP contribution is 2.42. The van der Waals surface area contributed by atoms with Crippen molar-refractivity contribution < 1.29 is 9.13 Å². The molecule has 1 unspecified atom stereocenters. The SMILES string of the molecule is Fc1ccccc1C(Br)c1cc(Br)cc2c1OCC2. The third-order valence-corrected chi connectivity index (χ3v) is 4.67. The molecule has 0 aromatic heterocycles. The zero-order valence-electron chi connectivity index (χ0n) is 10.00. The summed E-state index contributed by atoms with van der Waals surface area (Å²) < 4.78 is 20.6. The van der Waals surface area contributed by atoms with Crippen LogP contribution in [0.2, 0.25) is 0 Å². The molecule has 3 rings (SSSR count). The van der Waals surface area contributed by atoms with Gasteiger partial charge in [-0.2, -0.15) is 0 Å². The van der Waals surface area contributed by atoms with Crippen molar-refractivity contribution in [3.63, 3.8) is 0 Å². The van der Waals surface area contributed by atoms with Gasteiger partial charge in [-0.1, -0.05) is 50.1 Å². The van der Waals surface area contributed by atoms with E-state index in [1.54, 1.807) is 12.1 Å². The molecule has 2 aromatic carbocycles. The fourth-order valence-electron chi connectivity index (χ4n) is 2.33. The van der Waals surface area contributed by atoms with Crippen molar-refractivity contribution in [2.24, 2.45) is 0 Å². The number of halogens is 3. The van der Waals surface area contributed by atoms with Crippen molar-refractivity contribution in [3.05, 3.63) is 63.4 Å². The molecule has 0 radical (unpaired) electrons. The van der Waals surface area contributed by atoms with Crippen LogP contribution in [0, 0.1) is 5.82 Å². The second-order valence-electron chi connectivity index (χ2n) is 4.47. The monoisotopic (exact) mass is 384 g/mol. The Morgan fingerprint density at radius 1 is 1.16 bits per heavy atom. The van der Waals surface area contributed by atoms with Gasteiger partial charge in [0.15, 0.2) is 0 Å². The summed E-state index contributed by atoms with van der Waals surface area (Å²) >= 11 is 7.10. The zero-order valence-corrected chi connectivity index (χ0v) is 13.2. The van der Waals surface area contributed by atoms with Gasteiger partial charge in [-0.15, -0.1) is 0 Å². The van der Waals surface area contributed by atoms with E-state index in [2.05, 4.69) is 37.9 Å². The standard InChI is InChI=1S/C15H11Br2FO/c16-10-7-9-5-6-19-15(9)12(8-10)14(17)11-3-1-2-4-13(11)18/h1-4,7-8,14H,5-6H2. The van der Waals surface area contributed by atoms with Crippen LogP contribution in [-0.2, 0) is 6.42 Å². The number of fused-ring (bicyclic) bond motifs is 1. The molecule has 1 aliphatic rings. The largest absolute Gasteiger partial charge is 0.493 e. The van der Waals surface area contributed by atoms with Crippen LogP contribution in [0.5, 0.6) is 5.75 Å². The lowest BCUT2D eigenvalue weighted by atomic mass is 10.0. The molecule has 1 nitrogen and oxygen atoms in total. The van der Waals surface area contributed by atoms with Crippen LogP contribution in [0.1, 0.15) is 21.5 Å². The number of rotatable bonds is 2. The predicted molar refractivity (Wildman–Crippen MR) is 80.5 cm³/mol. The van der Waals surface area contributed by atoms with E-state index >= 15 is 0 Å². The van der Waals surface area contributed by atoms with Crippen molar-refractivity contribution in [3.8, 4) is 5.75 Å². The van der Waals surface area contributed by atoms with E-state index in [0.29, 0.717) is 12.2 Å². The van der Waals surface area contributed by atoms with Crippen LogP contribution in [0.25, 0.3) is 0 Å². The van der Waals surface area contributed by atoms with Crippen LogP contribution >= 0.6 is 31.9 Å². The van der Waals surface area contributed by atoms with E-state index in [-0.39, 0.29) is 10.6 Å². The molecule has 0 fully saturated rings. The van der Waals surface area contributed by atoms with Gasteiger partial charge in [0.2, 0.25) is 0 Å². The Morgan fingerprint density at radius 2 is 1.95 bits per heavy atom. The Bertz CT molecular complexity index is 628. The van der Waals surface area contributed by atoms with E-state index in [1.165, 1.54) is 11.6 Å². The molecule has 0 aliphatic carbocycles. The molecule has 0 saturated carbocycles. The maximum Gasteiger partial charge on any atom is 0.127 e. The minimum Gasteiger partial charge on any atom is -0.493 e. The summed E-state index contributed by atoms with van der Waals surface area (Å²) in [7, 11) is 0. The highest BCUT2D eigenvalue weighted by Gasteiger charge is 2.24. The maximum absolute atomic E-state index is 13.9. The molecule has 0 N–H and O–H groups in total. The summed E-state index contributed by atoms with van der Waals surface area (Å²) in [4.78, 5) is -0.210. The van der Waals surface area contributed by atoms with Gasteiger partial charge in [0.25, 0.3) is 0 Å². The van der Waals surface area contributed by atoms with Crippen molar-refractivity contribution in [2.75, 3.05) is 6.61 Å². The third kappa shape index (κ3) is 2.43. The first-order chi connectivity index (χ1) is 9.16. The van der Waals surface area contributed by atoms with Gasteiger partial charge >= 0.3 is 0 Å². The van der Waals surface area contributed by atoms with E-state index in [1.807, 2.05) is 12.1 Å². The Kier molecular flexibility index (Phi) is 3.63. The van der Waals surface area contributed by atoms with Crippen LogP contribution in [-0.4, -0.2) is 6.61 Å². The van der Waals surface area contributed by atoms with Gasteiger partial charge in [0.1, 0.15) is 11.6 Å². The Morgan fingerprint density at radius 3 is 2.74 bits per heavy atom. The molecule has 0 amide bonds. The second kappa shape index (κ2) is 5.25. The molecule has 2 aromatic rings. The summed E-state index contributed by atoms with van der Waals surface area (Å²) in [6, 6.07) is 10.8. The average Bonchev–Trinajstić information content (AvgIpc) is 2.85. The predicted octanol–water partition coefficient (Wildman–Crippen LogP) is 5.01. The fourth-order valence-corrected chi connectivity index (χ4v) is 3.57. The van der Waals surface area contributed by atoms with Crippen LogP contribution in [0.4, 0.5) is 4.39 Å². The molecular formula is C15H11Br2FO. The van der Waals surface area contributed by atoms with Crippen LogP contribution in [0.3, 0.4) is 0 Å². The molecule has 0 bridgehead atoms. The third-order valence-electron chi connectivity index (χ3n) is 3.23. The molecule has 1 atom stereocenters. The van der Waals surface area contributed by atoms with Gasteiger partial charge in [0, 0.05) is 22.0 Å². The first kappa shape index (κ1) is 13.1. The van der Waals surface area contributed by atoms with Gasteiger partial charge in [-0.25, -0.2) is 4.39 Å². The Hall–Kier alpha value is -0.870. The second-order valence-corrected chi connectivity index (χ2v) is 6.30. The van der Waals surface area contributed by atoms with Crippen molar-refractivity contribution in [2.45, 2.75) is 11.2 Å². The van der Waals surface area contributed by atoms with Crippen molar-refractivity contribution >= 4 is 31.9 Å². The summed E-state index contributed by atoms with van der Waals surface area (Å²) in [5.74, 6) is 0.671. The van der Waals surface area contributed by atoms with Gasteiger partial charge in [0.05, 0.1) is 11.4 Å². The summed E-state index contributed by atoms with van der Waals surface area (Å²) in [6.45, 7) is 0.690. The van der Waals surface area contributed by atoms with E-state index in [4.69, 9.17) is 4.74 Å². The molecule has 1 heterocycles. The molecule has 0 spiro atoms. The summed E-state index contributed by atoms with van der Waals surface area (Å²) in [6.07, 6.45) is 0.902. The van der Waals surface area contributed by atoms with Crippen molar-refractivity contribution in [1.29, 1.82) is 0 Å². The lowest BCUT2D eigenvalue weighted by Crippen LogP contribution is -1.99. The zero-order chi connectivity index (χ0) is 13.4. The molecule has 1 aliphatic heterocycles. The number of alkyl halides is 1. The lowest BCUT2D eigenvalue weighted by molar-refractivity contribution is 0.354. The topological polar surface area (TPSA) is 9.23 Å². The minimum atomic E-state index is -0.212. The number of benzene rings is 2. The van der Waals surface area contributed by atoms with Gasteiger partial charge in [-0.3, -0.25) is 0 Å². The fraction of sp³-hybridized carbons (Fsp3) is 0.200. The number of ether oxygens (including phenoxy) is 1. The minimum absolute atomic E-state index is 0.210. The first-order valence-electron chi connectivity index (χ1n) is 6.00. The van der Waals surface area contributed by atoms with E-state index < -0.39 is 0 Å². The first-order valence-corrected chi connectivity index (χ1v) is 7.71. The maximum atomic E-state index is 13.9. The highest BCUT2D eigenvalue weighted by atomic mass is 79.9. The van der Waals surface area contributed by atoms with Gasteiger partial charge in [-0.05, 0) is 23.8 Å². The van der Waals surface area contributed by atoms with E-state index in [0.717, 1.165) is 22.2 Å². The molecule has 19 heavy (non-hydrogen) atoms. The van der Waals surface area contributed by atoms with Crippen LogP contribution in [0.15, 0.2) is 40.9 Å². The quantitative estimate of drug-likeness (QED) is 0.660. The number of hydrogen-bond donors (Lipinski definition) is 0. The van der Waals surface area contributed by atoms with Crippen LogP contribution < -0.4 is 4.74 Å². The highest BCUT2D eigenvalue weighted by molar-refractivity contribution is 9.10. The lowest BCUT2D eigenvalue weighted by Gasteiger charge is -2.15. The molecule has 0 saturated heterocycles. The average molecular weight is 386 g/mol. The van der Waals surface area contributed by atoms with Gasteiger partial charge < -0.3 is 4.74 Å². The summed E-state index contributed by atoms with van der Waals surface area (Å²) in [5.41, 5.74) is 2.76. The molecule has 4 heteroatoms. The number of hydrogen-bond acceptors (Lipinski definition) is 1. The molecular weight excluding hydrogens is 375 g/mol. The smallest absolute Gasteiger partial charge is 0.127 e. The Labute approximate surface area is 128 Å². The molecule has 98 valence electrons. The van der Waals surface area contributed by atoms with E-state index in [9.17, 15) is 4.39 Å². The Balaban J connectivity index is 2.10. The summed E-state index contributed by atoms with van der Waals surface area (Å²) in [5, 5.41) is 0. The normalized spacial score (nSPS) is 14.9. The van der Waals surface area contributed by atoms with Crippen molar-refractivity contribution in [1.82, 2.24) is 0 Å².